The average Bonchev–Trinajstić information content (AvgIpc) is 3.03. The maximum atomic E-state index is 11.8. The summed E-state index contributed by atoms with van der Waals surface area (Å²) in [6.45, 7) is 7.55. The molecule has 1 aromatic heterocycles. The zero-order chi connectivity index (χ0) is 18.9. The minimum atomic E-state index is -0.0175. The summed E-state index contributed by atoms with van der Waals surface area (Å²) >= 11 is 0. The van der Waals surface area contributed by atoms with E-state index in [1.54, 1.807) is 26.1 Å². The molecule has 0 spiro atoms. The van der Waals surface area contributed by atoms with Crippen LogP contribution >= 0.6 is 0 Å². The molecule has 1 fully saturated rings. The van der Waals surface area contributed by atoms with Crippen molar-refractivity contribution in [3.8, 4) is 0 Å². The summed E-state index contributed by atoms with van der Waals surface area (Å²) in [5.74, 6) is 1.58. The van der Waals surface area contributed by atoms with Gasteiger partial charge in [-0.3, -0.25) is 9.69 Å². The van der Waals surface area contributed by atoms with E-state index in [9.17, 15) is 4.79 Å². The van der Waals surface area contributed by atoms with Gasteiger partial charge in [-0.2, -0.15) is 0 Å². The van der Waals surface area contributed by atoms with Crippen molar-refractivity contribution in [3.05, 3.63) is 17.5 Å². The lowest BCUT2D eigenvalue weighted by Gasteiger charge is -2.36. The first-order valence-corrected chi connectivity index (χ1v) is 8.86. The molecule has 0 saturated carbocycles. The maximum Gasteiger partial charge on any atom is 0.243 e. The molecule has 9 nitrogen and oxygen atoms in total. The second-order valence-electron chi connectivity index (χ2n) is 6.54. The number of nitrogens with one attached hydrogen (secondary N) is 1. The van der Waals surface area contributed by atoms with E-state index in [0.29, 0.717) is 13.2 Å². The third-order valence-corrected chi connectivity index (χ3v) is 4.19. The Bertz CT molecular complexity index is 593. The Morgan fingerprint density at radius 2 is 2.12 bits per heavy atom. The quantitative estimate of drug-likeness (QED) is 0.406. The number of guanidine groups is 1. The molecule has 0 bridgehead atoms. The molecular formula is C17H30N6O3. The van der Waals surface area contributed by atoms with Gasteiger partial charge in [-0.1, -0.05) is 5.16 Å². The number of methoxy groups -OCH3 is 1. The van der Waals surface area contributed by atoms with E-state index in [0.717, 1.165) is 50.1 Å². The number of carbonyl (C=O) groups excluding carboxylic acids is 1. The van der Waals surface area contributed by atoms with E-state index >= 15 is 0 Å². The van der Waals surface area contributed by atoms with E-state index < -0.39 is 0 Å². The number of amides is 1. The van der Waals surface area contributed by atoms with Crippen LogP contribution in [0.25, 0.3) is 0 Å². The SMILES string of the molecule is COCCNC(=NCC(=O)N(C)C)N1CCN(Cc2cc(C)on2)CC1. The predicted molar refractivity (Wildman–Crippen MR) is 99.0 cm³/mol. The summed E-state index contributed by atoms with van der Waals surface area (Å²) in [4.78, 5) is 22.4. The Labute approximate surface area is 154 Å². The molecule has 2 rings (SSSR count). The van der Waals surface area contributed by atoms with Gasteiger partial charge in [0.1, 0.15) is 12.3 Å². The van der Waals surface area contributed by atoms with Crippen LogP contribution in [-0.2, 0) is 16.1 Å². The van der Waals surface area contributed by atoms with Gasteiger partial charge in [0.05, 0.1) is 12.3 Å². The normalized spacial score (nSPS) is 16.0. The molecule has 1 amide bonds. The minimum Gasteiger partial charge on any atom is -0.383 e. The molecule has 26 heavy (non-hydrogen) atoms. The summed E-state index contributed by atoms with van der Waals surface area (Å²) < 4.78 is 10.2. The van der Waals surface area contributed by atoms with E-state index in [4.69, 9.17) is 9.26 Å². The molecule has 1 aliphatic rings. The summed E-state index contributed by atoms with van der Waals surface area (Å²) in [5.41, 5.74) is 0.958. The first kappa shape index (κ1) is 20.2. The molecule has 1 saturated heterocycles. The molecule has 1 N–H and O–H groups in total. The van der Waals surface area contributed by atoms with Crippen molar-refractivity contribution in [1.82, 2.24) is 25.2 Å². The second-order valence-corrected chi connectivity index (χ2v) is 6.54. The third kappa shape index (κ3) is 6.30. The van der Waals surface area contributed by atoms with Crippen molar-refractivity contribution < 1.29 is 14.1 Å². The molecule has 0 atom stereocenters. The molecular weight excluding hydrogens is 336 g/mol. The van der Waals surface area contributed by atoms with E-state index in [1.165, 1.54) is 0 Å². The minimum absolute atomic E-state index is 0.0175. The maximum absolute atomic E-state index is 11.8. The highest BCUT2D eigenvalue weighted by Gasteiger charge is 2.21. The van der Waals surface area contributed by atoms with Crippen molar-refractivity contribution in [2.75, 3.05) is 67.1 Å². The van der Waals surface area contributed by atoms with Crippen LogP contribution in [0.1, 0.15) is 11.5 Å². The third-order valence-electron chi connectivity index (χ3n) is 4.19. The number of piperazine rings is 1. The number of hydrogen-bond donors (Lipinski definition) is 1. The van der Waals surface area contributed by atoms with Crippen molar-refractivity contribution in [2.24, 2.45) is 4.99 Å². The Balaban J connectivity index is 1.89. The number of aromatic nitrogens is 1. The van der Waals surface area contributed by atoms with Crippen LogP contribution in [0.2, 0.25) is 0 Å². The van der Waals surface area contributed by atoms with Gasteiger partial charge in [0.15, 0.2) is 5.96 Å². The van der Waals surface area contributed by atoms with Crippen molar-refractivity contribution in [3.63, 3.8) is 0 Å². The predicted octanol–water partition coefficient (Wildman–Crippen LogP) is -0.219. The number of nitrogens with zero attached hydrogens (tertiary/aromatic N) is 5. The summed E-state index contributed by atoms with van der Waals surface area (Å²) in [7, 11) is 5.14. The molecule has 0 aliphatic carbocycles. The summed E-state index contributed by atoms with van der Waals surface area (Å²) in [6.07, 6.45) is 0. The van der Waals surface area contributed by atoms with Crippen LogP contribution < -0.4 is 5.32 Å². The highest BCUT2D eigenvalue weighted by Crippen LogP contribution is 2.09. The number of hydrogen-bond acceptors (Lipinski definition) is 6. The van der Waals surface area contributed by atoms with Crippen molar-refractivity contribution in [1.29, 1.82) is 0 Å². The first-order valence-electron chi connectivity index (χ1n) is 8.86. The van der Waals surface area contributed by atoms with Crippen molar-refractivity contribution >= 4 is 11.9 Å². The van der Waals surface area contributed by atoms with Crippen LogP contribution in [0.5, 0.6) is 0 Å². The number of ether oxygens (including phenoxy) is 1. The molecule has 1 aliphatic heterocycles. The van der Waals surface area contributed by atoms with Gasteiger partial charge in [0.25, 0.3) is 0 Å². The standard InChI is InChI=1S/C17H30N6O3/c1-14-11-15(20-26-14)13-22-6-8-23(9-7-22)17(18-5-10-25-4)19-12-16(24)21(2)3/h11H,5-10,12-13H2,1-4H3,(H,18,19). The Hall–Kier alpha value is -2.13. The van der Waals surface area contributed by atoms with Crippen LogP contribution in [0, 0.1) is 6.92 Å². The van der Waals surface area contributed by atoms with Gasteiger partial charge in [0.2, 0.25) is 5.91 Å². The zero-order valence-electron chi connectivity index (χ0n) is 16.2. The molecule has 9 heteroatoms. The smallest absolute Gasteiger partial charge is 0.243 e. The van der Waals surface area contributed by atoms with E-state index in [-0.39, 0.29) is 12.5 Å². The topological polar surface area (TPSA) is 86.4 Å². The van der Waals surface area contributed by atoms with Gasteiger partial charge >= 0.3 is 0 Å². The summed E-state index contributed by atoms with van der Waals surface area (Å²) in [6, 6.07) is 1.97. The zero-order valence-corrected chi connectivity index (χ0v) is 16.2. The lowest BCUT2D eigenvalue weighted by atomic mass is 10.3. The fourth-order valence-electron chi connectivity index (χ4n) is 2.66. The molecule has 0 unspecified atom stereocenters. The second kappa shape index (κ2) is 10.1. The van der Waals surface area contributed by atoms with E-state index in [2.05, 4.69) is 25.3 Å². The molecule has 1 aromatic rings. The van der Waals surface area contributed by atoms with Gasteiger partial charge in [-0.15, -0.1) is 0 Å². The first-order chi connectivity index (χ1) is 12.5. The fraction of sp³-hybridized carbons (Fsp3) is 0.706. The van der Waals surface area contributed by atoms with Crippen LogP contribution in [-0.4, -0.2) is 98.8 Å². The average molecular weight is 366 g/mol. The van der Waals surface area contributed by atoms with Gasteiger partial charge in [-0.05, 0) is 6.92 Å². The summed E-state index contributed by atoms with van der Waals surface area (Å²) in [5, 5.41) is 7.34. The molecule has 0 aromatic carbocycles. The molecule has 2 heterocycles. The molecule has 146 valence electrons. The fourth-order valence-corrected chi connectivity index (χ4v) is 2.66. The highest BCUT2D eigenvalue weighted by atomic mass is 16.5. The largest absolute Gasteiger partial charge is 0.383 e. The number of carbonyl (C=O) groups is 1. The number of aliphatic imine (C=N–C) groups is 1. The van der Waals surface area contributed by atoms with Gasteiger partial charge < -0.3 is 24.4 Å². The van der Waals surface area contributed by atoms with E-state index in [1.807, 2.05) is 13.0 Å². The monoisotopic (exact) mass is 366 g/mol. The number of likely N-dealkylation sites (N-methyl/N-ethyl adjacent to an activating group) is 1. The Morgan fingerprint density at radius 1 is 1.38 bits per heavy atom. The highest BCUT2D eigenvalue weighted by molar-refractivity contribution is 5.84. The van der Waals surface area contributed by atoms with Crippen LogP contribution in [0.3, 0.4) is 0 Å². The van der Waals surface area contributed by atoms with Crippen LogP contribution in [0.15, 0.2) is 15.6 Å². The van der Waals surface area contributed by atoms with Gasteiger partial charge in [0, 0.05) is 66.5 Å². The molecule has 0 radical (unpaired) electrons. The number of aryl methyl sites for hydroxylation is 1. The van der Waals surface area contributed by atoms with Gasteiger partial charge in [-0.25, -0.2) is 4.99 Å². The Morgan fingerprint density at radius 3 is 2.69 bits per heavy atom. The van der Waals surface area contributed by atoms with Crippen LogP contribution in [0.4, 0.5) is 0 Å². The lowest BCUT2D eigenvalue weighted by Crippen LogP contribution is -2.52. The Kier molecular flexibility index (Phi) is 7.86. The van der Waals surface area contributed by atoms with Crippen molar-refractivity contribution in [2.45, 2.75) is 13.5 Å². The lowest BCUT2D eigenvalue weighted by molar-refractivity contribution is -0.127. The number of rotatable bonds is 7.